The van der Waals surface area contributed by atoms with Gasteiger partial charge in [0.2, 0.25) is 5.91 Å². The molecule has 60 heavy (non-hydrogen) atoms. The fraction of sp³-hybridized carbons (Fsp3) is 0.980. The number of rotatable bonds is 44. The van der Waals surface area contributed by atoms with Gasteiger partial charge in [-0.3, -0.25) is 4.79 Å². The van der Waals surface area contributed by atoms with Crippen LogP contribution in [0.3, 0.4) is 0 Å². The second kappa shape index (κ2) is 40.9. The molecule has 0 saturated carbocycles. The fourth-order valence-corrected chi connectivity index (χ4v) is 8.70. The maximum absolute atomic E-state index is 13.1. The van der Waals surface area contributed by atoms with Gasteiger partial charge in [0.05, 0.1) is 31.0 Å². The molecule has 0 aromatic rings. The zero-order valence-electron chi connectivity index (χ0n) is 39.1. The van der Waals surface area contributed by atoms with Gasteiger partial charge in [0, 0.05) is 19.6 Å². The van der Waals surface area contributed by atoms with Crippen LogP contribution in [0.1, 0.15) is 245 Å². The van der Waals surface area contributed by atoms with E-state index in [1.807, 2.05) is 0 Å². The summed E-state index contributed by atoms with van der Waals surface area (Å²) in [5, 5.41) is 65.8. The van der Waals surface area contributed by atoms with Gasteiger partial charge in [-0.1, -0.05) is 200 Å². The average Bonchev–Trinajstić information content (AvgIpc) is 3.25. The highest BCUT2D eigenvalue weighted by molar-refractivity contribution is 5.76. The van der Waals surface area contributed by atoms with E-state index in [0.717, 1.165) is 51.7 Å². The molecule has 10 heteroatoms. The number of carbonyl (C=O) groups is 1. The van der Waals surface area contributed by atoms with Crippen LogP contribution in [0.2, 0.25) is 0 Å². The quantitative estimate of drug-likeness (QED) is 0.0295. The van der Waals surface area contributed by atoms with Crippen molar-refractivity contribution in [2.75, 3.05) is 19.8 Å². The molecule has 1 aliphatic heterocycles. The van der Waals surface area contributed by atoms with Crippen LogP contribution >= 0.6 is 0 Å². The molecule has 0 spiro atoms. The fourth-order valence-electron chi connectivity index (χ4n) is 8.70. The Kier molecular flexibility index (Phi) is 39.0. The Morgan fingerprint density at radius 1 is 0.517 bits per heavy atom. The zero-order valence-corrected chi connectivity index (χ0v) is 39.1. The van der Waals surface area contributed by atoms with Crippen LogP contribution in [0, 0.1) is 0 Å². The molecule has 1 amide bonds. The molecule has 0 aromatic carbocycles. The van der Waals surface area contributed by atoms with Gasteiger partial charge in [-0.05, 0) is 38.5 Å². The van der Waals surface area contributed by atoms with E-state index in [0.29, 0.717) is 12.8 Å². The smallest absolute Gasteiger partial charge is 0.220 e. The Morgan fingerprint density at radius 3 is 1.37 bits per heavy atom. The molecule has 7 N–H and O–H groups in total. The van der Waals surface area contributed by atoms with Crippen LogP contribution in [0.25, 0.3) is 0 Å². The molecule has 0 aromatic heterocycles. The van der Waals surface area contributed by atoms with Gasteiger partial charge >= 0.3 is 0 Å². The highest BCUT2D eigenvalue weighted by Crippen LogP contribution is 2.26. The van der Waals surface area contributed by atoms with Crippen molar-refractivity contribution in [3.63, 3.8) is 0 Å². The number of hydrogen-bond donors (Lipinski definition) is 7. The van der Waals surface area contributed by atoms with Gasteiger partial charge in [-0.15, -0.1) is 0 Å². The largest absolute Gasteiger partial charge is 0.394 e. The number of hydrogen-bond acceptors (Lipinski definition) is 9. The van der Waals surface area contributed by atoms with Crippen molar-refractivity contribution in [1.82, 2.24) is 5.32 Å². The SMILES string of the molecule is CCCCCCCCCCCCCC[C@@H](O)[C@@H](O)[C@H](CC[C@@H]1OC(CO)[C@H](O)[C@H](O)C1O)NC(=O)CCCCCCCCCCCCCCCCCCCOCCCCC. The molecule has 8 atom stereocenters. The topological polar surface area (TPSA) is 169 Å². The van der Waals surface area contributed by atoms with Gasteiger partial charge in [0.15, 0.2) is 0 Å². The summed E-state index contributed by atoms with van der Waals surface area (Å²) in [5.41, 5.74) is 0. The first-order valence-corrected chi connectivity index (χ1v) is 25.8. The van der Waals surface area contributed by atoms with Crippen molar-refractivity contribution in [3.8, 4) is 0 Å². The van der Waals surface area contributed by atoms with E-state index in [1.54, 1.807) is 0 Å². The molecular formula is C50H99NO9. The van der Waals surface area contributed by atoms with Crippen LogP contribution < -0.4 is 5.32 Å². The standard InChI is InChI=1S/C50H99NO9/c1-3-5-7-8-9-10-11-19-22-25-28-31-35-43(53)47(55)42(37-38-44-48(56)50(58)49(57)45(41-52)60-44)51-46(54)36-32-29-26-23-20-17-15-13-12-14-16-18-21-24-27-30-34-40-59-39-33-6-4-2/h42-45,47-50,52-53,55-58H,3-41H2,1-2H3,(H,51,54)/t42-,43+,44-,45?,47-,48?,49-,50+/m0/s1. The van der Waals surface area contributed by atoms with Crippen molar-refractivity contribution < 1.29 is 44.9 Å². The molecule has 358 valence electrons. The molecule has 1 aliphatic rings. The van der Waals surface area contributed by atoms with E-state index in [9.17, 15) is 35.4 Å². The average molecular weight is 858 g/mol. The predicted molar refractivity (Wildman–Crippen MR) is 246 cm³/mol. The Morgan fingerprint density at radius 2 is 0.900 bits per heavy atom. The van der Waals surface area contributed by atoms with Crippen LogP contribution in [-0.2, 0) is 14.3 Å². The van der Waals surface area contributed by atoms with Gasteiger partial charge in [-0.25, -0.2) is 0 Å². The second-order valence-corrected chi connectivity index (χ2v) is 18.4. The van der Waals surface area contributed by atoms with Crippen molar-refractivity contribution >= 4 is 5.91 Å². The minimum Gasteiger partial charge on any atom is -0.394 e. The van der Waals surface area contributed by atoms with Crippen LogP contribution in [-0.4, -0.2) is 105 Å². The minimum absolute atomic E-state index is 0.158. The maximum Gasteiger partial charge on any atom is 0.220 e. The first-order chi connectivity index (χ1) is 29.3. The first-order valence-electron chi connectivity index (χ1n) is 25.8. The van der Waals surface area contributed by atoms with E-state index >= 15 is 0 Å². The molecule has 0 aliphatic carbocycles. The van der Waals surface area contributed by atoms with E-state index in [1.165, 1.54) is 167 Å². The number of nitrogens with one attached hydrogen (secondary N) is 1. The minimum atomic E-state index is -1.48. The lowest BCUT2D eigenvalue weighted by atomic mass is 9.90. The second-order valence-electron chi connectivity index (χ2n) is 18.4. The first kappa shape index (κ1) is 57.2. The summed E-state index contributed by atoms with van der Waals surface area (Å²) < 4.78 is 11.4. The Balaban J connectivity index is 2.26. The third kappa shape index (κ3) is 30.3. The summed E-state index contributed by atoms with van der Waals surface area (Å²) >= 11 is 0. The van der Waals surface area contributed by atoms with E-state index < -0.39 is 55.4 Å². The highest BCUT2D eigenvalue weighted by atomic mass is 16.5. The lowest BCUT2D eigenvalue weighted by molar-refractivity contribution is -0.231. The Bertz CT molecular complexity index is 926. The Hall–Kier alpha value is -0.850. The van der Waals surface area contributed by atoms with Crippen molar-refractivity contribution in [2.24, 2.45) is 0 Å². The van der Waals surface area contributed by atoms with Gasteiger partial charge in [0.1, 0.15) is 24.4 Å². The molecule has 1 heterocycles. The number of carbonyl (C=O) groups excluding carboxylic acids is 1. The maximum atomic E-state index is 13.1. The summed E-state index contributed by atoms with van der Waals surface area (Å²) in [7, 11) is 0. The summed E-state index contributed by atoms with van der Waals surface area (Å²) in [4.78, 5) is 13.1. The lowest BCUT2D eigenvalue weighted by Crippen LogP contribution is -2.59. The van der Waals surface area contributed by atoms with E-state index in [-0.39, 0.29) is 18.7 Å². The summed E-state index contributed by atoms with van der Waals surface area (Å²) in [6.07, 6.45) is 32.2. The lowest BCUT2D eigenvalue weighted by Gasteiger charge is -2.40. The van der Waals surface area contributed by atoms with Crippen LogP contribution in [0.5, 0.6) is 0 Å². The van der Waals surface area contributed by atoms with Crippen molar-refractivity contribution in [3.05, 3.63) is 0 Å². The zero-order chi connectivity index (χ0) is 43.9. The number of unbranched alkanes of at least 4 members (excludes halogenated alkanes) is 29. The molecule has 1 fully saturated rings. The summed E-state index contributed by atoms with van der Waals surface area (Å²) in [6.45, 7) is 5.83. The monoisotopic (exact) mass is 858 g/mol. The van der Waals surface area contributed by atoms with Crippen LogP contribution in [0.4, 0.5) is 0 Å². The summed E-state index contributed by atoms with van der Waals surface area (Å²) in [5.74, 6) is -0.177. The normalized spacial score (nSPS) is 21.0. The third-order valence-corrected chi connectivity index (χ3v) is 12.8. The summed E-state index contributed by atoms with van der Waals surface area (Å²) in [6, 6.07) is -0.766. The molecule has 1 rings (SSSR count). The molecular weight excluding hydrogens is 759 g/mol. The molecule has 0 radical (unpaired) electrons. The number of aliphatic hydroxyl groups excluding tert-OH is 6. The number of amides is 1. The molecule has 1 saturated heterocycles. The van der Waals surface area contributed by atoms with Gasteiger partial charge in [-0.2, -0.15) is 0 Å². The molecule has 0 bridgehead atoms. The van der Waals surface area contributed by atoms with E-state index in [2.05, 4.69) is 19.2 Å². The Labute approximate surface area is 368 Å². The van der Waals surface area contributed by atoms with Crippen molar-refractivity contribution in [1.29, 1.82) is 0 Å². The van der Waals surface area contributed by atoms with Gasteiger partial charge in [0.25, 0.3) is 0 Å². The third-order valence-electron chi connectivity index (χ3n) is 12.8. The van der Waals surface area contributed by atoms with Gasteiger partial charge < -0.3 is 45.4 Å². The number of ether oxygens (including phenoxy) is 2. The predicted octanol–water partition coefficient (Wildman–Crippen LogP) is 10.1. The molecule has 2 unspecified atom stereocenters. The van der Waals surface area contributed by atoms with Crippen molar-refractivity contribution in [2.45, 2.75) is 294 Å². The van der Waals surface area contributed by atoms with E-state index in [4.69, 9.17) is 9.47 Å². The molecule has 10 nitrogen and oxygen atoms in total. The number of aliphatic hydroxyl groups is 6. The highest BCUT2D eigenvalue weighted by Gasteiger charge is 2.43. The van der Waals surface area contributed by atoms with Crippen LogP contribution in [0.15, 0.2) is 0 Å².